The summed E-state index contributed by atoms with van der Waals surface area (Å²) in [6.07, 6.45) is 1.80. The van der Waals surface area contributed by atoms with Crippen molar-refractivity contribution >= 4 is 27.0 Å². The first kappa shape index (κ1) is 19.1. The Morgan fingerprint density at radius 2 is 1.85 bits per heavy atom. The standard InChI is InChI=1S/C20H21NO5S/c1-2-6-16-17-13-15(9-10-18(17)26-19(16)20(22)23)27(24,25)21-12-11-14-7-4-3-5-8-14/h3-5,7-10,13,21H,2,6,11-12H2,1H3,(H,22,23). The number of rotatable bonds is 8. The van der Waals surface area contributed by atoms with E-state index >= 15 is 0 Å². The molecule has 3 rings (SSSR count). The summed E-state index contributed by atoms with van der Waals surface area (Å²) in [6.45, 7) is 2.20. The van der Waals surface area contributed by atoms with Crippen molar-refractivity contribution in [3.63, 3.8) is 0 Å². The van der Waals surface area contributed by atoms with Gasteiger partial charge in [-0.1, -0.05) is 43.7 Å². The maximum absolute atomic E-state index is 12.6. The molecule has 1 aromatic heterocycles. The summed E-state index contributed by atoms with van der Waals surface area (Å²) in [4.78, 5) is 11.5. The van der Waals surface area contributed by atoms with E-state index < -0.39 is 16.0 Å². The Balaban J connectivity index is 1.86. The highest BCUT2D eigenvalue weighted by Crippen LogP contribution is 2.29. The second-order valence-electron chi connectivity index (χ2n) is 6.26. The zero-order valence-corrected chi connectivity index (χ0v) is 15.8. The van der Waals surface area contributed by atoms with Crippen LogP contribution in [0, 0.1) is 0 Å². The third kappa shape index (κ3) is 4.20. The molecule has 0 unspecified atom stereocenters. The van der Waals surface area contributed by atoms with Crippen molar-refractivity contribution in [1.29, 1.82) is 0 Å². The Bertz CT molecular complexity index is 1050. The predicted octanol–water partition coefficient (Wildman–Crippen LogP) is 3.60. The molecule has 6 nitrogen and oxygen atoms in total. The summed E-state index contributed by atoms with van der Waals surface area (Å²) in [5, 5.41) is 9.85. The lowest BCUT2D eigenvalue weighted by Crippen LogP contribution is -2.26. The molecular formula is C20H21NO5S. The number of carboxylic acid groups (broad SMARTS) is 1. The lowest BCUT2D eigenvalue weighted by atomic mass is 10.1. The van der Waals surface area contributed by atoms with Crippen LogP contribution in [0.1, 0.15) is 35.0 Å². The molecule has 0 aliphatic carbocycles. The lowest BCUT2D eigenvalue weighted by molar-refractivity contribution is 0.0663. The predicted molar refractivity (Wildman–Crippen MR) is 103 cm³/mol. The summed E-state index contributed by atoms with van der Waals surface area (Å²) in [6, 6.07) is 14.0. The van der Waals surface area contributed by atoms with Gasteiger partial charge in [0, 0.05) is 17.5 Å². The topological polar surface area (TPSA) is 96.6 Å². The van der Waals surface area contributed by atoms with Crippen LogP contribution < -0.4 is 4.72 Å². The molecular weight excluding hydrogens is 366 g/mol. The molecule has 2 aromatic carbocycles. The van der Waals surface area contributed by atoms with Crippen LogP contribution in [0.2, 0.25) is 0 Å². The number of hydrogen-bond acceptors (Lipinski definition) is 4. The Kier molecular flexibility index (Phi) is 5.62. The number of benzene rings is 2. The quantitative estimate of drug-likeness (QED) is 0.615. The van der Waals surface area contributed by atoms with Gasteiger partial charge in [-0.3, -0.25) is 0 Å². The van der Waals surface area contributed by atoms with Crippen LogP contribution in [-0.2, 0) is 22.9 Å². The minimum atomic E-state index is -3.70. The Morgan fingerprint density at radius 3 is 2.52 bits per heavy atom. The minimum absolute atomic E-state index is 0.0955. The van der Waals surface area contributed by atoms with Gasteiger partial charge in [0.2, 0.25) is 15.8 Å². The first-order chi connectivity index (χ1) is 12.9. The highest BCUT2D eigenvalue weighted by Gasteiger charge is 2.22. The van der Waals surface area contributed by atoms with E-state index in [1.165, 1.54) is 18.2 Å². The minimum Gasteiger partial charge on any atom is -0.475 e. The van der Waals surface area contributed by atoms with Crippen LogP contribution >= 0.6 is 0 Å². The average molecular weight is 387 g/mol. The van der Waals surface area contributed by atoms with E-state index in [4.69, 9.17) is 4.42 Å². The van der Waals surface area contributed by atoms with Crippen molar-refractivity contribution in [3.8, 4) is 0 Å². The van der Waals surface area contributed by atoms with Gasteiger partial charge in [-0.2, -0.15) is 0 Å². The highest BCUT2D eigenvalue weighted by atomic mass is 32.2. The number of nitrogens with one attached hydrogen (secondary N) is 1. The monoisotopic (exact) mass is 387 g/mol. The van der Waals surface area contributed by atoms with E-state index in [2.05, 4.69) is 4.72 Å². The van der Waals surface area contributed by atoms with Crippen molar-refractivity contribution in [2.75, 3.05) is 6.54 Å². The van der Waals surface area contributed by atoms with Crippen LogP contribution in [0.4, 0.5) is 0 Å². The van der Waals surface area contributed by atoms with Gasteiger partial charge in [-0.25, -0.2) is 17.9 Å². The fraction of sp³-hybridized carbons (Fsp3) is 0.250. The smallest absolute Gasteiger partial charge is 0.372 e. The van der Waals surface area contributed by atoms with Gasteiger partial charge in [0.15, 0.2) is 0 Å². The molecule has 0 bridgehead atoms. The number of carboxylic acids is 1. The van der Waals surface area contributed by atoms with Crippen molar-refractivity contribution in [2.45, 2.75) is 31.1 Å². The summed E-state index contributed by atoms with van der Waals surface area (Å²) < 4.78 is 33.2. The van der Waals surface area contributed by atoms with Crippen LogP contribution in [0.5, 0.6) is 0 Å². The third-order valence-corrected chi connectivity index (χ3v) is 5.77. The normalized spacial score (nSPS) is 11.7. The second kappa shape index (κ2) is 7.94. The Morgan fingerprint density at radius 1 is 1.11 bits per heavy atom. The Hall–Kier alpha value is -2.64. The van der Waals surface area contributed by atoms with Crippen molar-refractivity contribution in [2.24, 2.45) is 0 Å². The molecule has 0 saturated heterocycles. The first-order valence-electron chi connectivity index (χ1n) is 8.74. The summed E-state index contributed by atoms with van der Waals surface area (Å²) >= 11 is 0. The van der Waals surface area contributed by atoms with Gasteiger partial charge < -0.3 is 9.52 Å². The van der Waals surface area contributed by atoms with Crippen molar-refractivity contribution < 1.29 is 22.7 Å². The number of fused-ring (bicyclic) bond motifs is 1. The van der Waals surface area contributed by atoms with Crippen molar-refractivity contribution in [1.82, 2.24) is 4.72 Å². The van der Waals surface area contributed by atoms with E-state index in [1.54, 1.807) is 0 Å². The zero-order valence-electron chi connectivity index (χ0n) is 14.9. The van der Waals surface area contributed by atoms with Crippen LogP contribution in [0.3, 0.4) is 0 Å². The molecule has 3 aromatic rings. The number of carbonyl (C=O) groups is 1. The molecule has 7 heteroatoms. The molecule has 142 valence electrons. The van der Waals surface area contributed by atoms with E-state index in [1.807, 2.05) is 37.3 Å². The fourth-order valence-corrected chi connectivity index (χ4v) is 4.08. The summed E-state index contributed by atoms with van der Waals surface area (Å²) in [5.74, 6) is -1.28. The molecule has 1 heterocycles. The molecule has 0 atom stereocenters. The SMILES string of the molecule is CCCc1c(C(=O)O)oc2ccc(S(=O)(=O)NCCc3ccccc3)cc12. The van der Waals surface area contributed by atoms with Crippen molar-refractivity contribution in [3.05, 3.63) is 65.4 Å². The number of hydrogen-bond donors (Lipinski definition) is 2. The Labute approximate surface area is 157 Å². The summed E-state index contributed by atoms with van der Waals surface area (Å²) in [5.41, 5.74) is 1.95. The largest absolute Gasteiger partial charge is 0.475 e. The molecule has 27 heavy (non-hydrogen) atoms. The first-order valence-corrected chi connectivity index (χ1v) is 10.2. The molecule has 0 saturated carbocycles. The summed E-state index contributed by atoms with van der Waals surface area (Å²) in [7, 11) is -3.70. The van der Waals surface area contributed by atoms with Crippen LogP contribution in [-0.4, -0.2) is 26.0 Å². The maximum atomic E-state index is 12.6. The number of aromatic carboxylic acids is 1. The molecule has 0 radical (unpaired) electrons. The van der Waals surface area contributed by atoms with Crippen LogP contribution in [0.25, 0.3) is 11.0 Å². The van der Waals surface area contributed by atoms with E-state index in [-0.39, 0.29) is 17.2 Å². The van der Waals surface area contributed by atoms with Gasteiger partial charge in [-0.05, 0) is 36.6 Å². The van der Waals surface area contributed by atoms with Gasteiger partial charge >= 0.3 is 5.97 Å². The number of aryl methyl sites for hydroxylation is 1. The van der Waals surface area contributed by atoms with Gasteiger partial charge in [-0.15, -0.1) is 0 Å². The molecule has 0 amide bonds. The number of furan rings is 1. The van der Waals surface area contributed by atoms with Gasteiger partial charge in [0.1, 0.15) is 5.58 Å². The average Bonchev–Trinajstić information content (AvgIpc) is 3.01. The molecule has 0 spiro atoms. The molecule has 0 fully saturated rings. The number of sulfonamides is 1. The van der Waals surface area contributed by atoms with Crippen LogP contribution in [0.15, 0.2) is 57.8 Å². The van der Waals surface area contributed by atoms with E-state index in [0.29, 0.717) is 29.4 Å². The molecule has 2 N–H and O–H groups in total. The van der Waals surface area contributed by atoms with E-state index in [9.17, 15) is 18.3 Å². The highest BCUT2D eigenvalue weighted by molar-refractivity contribution is 7.89. The lowest BCUT2D eigenvalue weighted by Gasteiger charge is -2.07. The van der Waals surface area contributed by atoms with Gasteiger partial charge in [0.25, 0.3) is 0 Å². The fourth-order valence-electron chi connectivity index (χ4n) is 3.02. The van der Waals surface area contributed by atoms with E-state index in [0.717, 1.165) is 12.0 Å². The second-order valence-corrected chi connectivity index (χ2v) is 8.02. The van der Waals surface area contributed by atoms with Gasteiger partial charge in [0.05, 0.1) is 4.90 Å². The maximum Gasteiger partial charge on any atom is 0.372 e. The third-order valence-electron chi connectivity index (χ3n) is 4.32. The molecule has 0 aliphatic heterocycles. The zero-order chi connectivity index (χ0) is 19.4. The molecule has 0 aliphatic rings.